The smallest absolute Gasteiger partial charge is 0.381 e. The number of benzene rings is 2. The molecule has 7 heteroatoms. The monoisotopic (exact) mass is 360 g/mol. The molecule has 0 amide bonds. The van der Waals surface area contributed by atoms with Crippen LogP contribution < -0.4 is 5.32 Å². The number of carbonyl (C=O) groups excluding carboxylic acids is 1. The Labute approximate surface area is 149 Å². The zero-order valence-electron chi connectivity index (χ0n) is 13.5. The first-order valence-corrected chi connectivity index (χ1v) is 8.20. The molecule has 0 radical (unpaired) electrons. The molecule has 0 heterocycles. The molecule has 1 aliphatic carbocycles. The minimum absolute atomic E-state index is 0.369. The van der Waals surface area contributed by atoms with Gasteiger partial charge >= 0.3 is 12.0 Å². The average Bonchev–Trinajstić information content (AvgIpc) is 2.95. The van der Waals surface area contributed by atoms with E-state index in [1.54, 1.807) is 24.3 Å². The number of nitrogens with one attached hydrogen (secondary N) is 1. The lowest BCUT2D eigenvalue weighted by Gasteiger charge is -2.24. The number of methoxy groups -OCH3 is 1. The standard InChI is InChI=1S/C18H17ClN2O4/c1-25-18(22)17(21(23)24)15-10-11-4-2-3-5-14(11)16(15)20-13-8-6-12(19)7-9-13/h2-9,15-17,20H,10H2,1H3/t15-,16-,17?/m0/s1. The van der Waals surface area contributed by atoms with Crippen molar-refractivity contribution in [2.24, 2.45) is 5.92 Å². The van der Waals surface area contributed by atoms with Crippen molar-refractivity contribution in [3.05, 3.63) is 74.8 Å². The van der Waals surface area contributed by atoms with Gasteiger partial charge in [-0.25, -0.2) is 4.79 Å². The Balaban J connectivity index is 1.97. The Kier molecular flexibility index (Phi) is 4.90. The van der Waals surface area contributed by atoms with Gasteiger partial charge in [0.05, 0.1) is 19.1 Å². The van der Waals surface area contributed by atoms with Gasteiger partial charge in [0, 0.05) is 15.6 Å². The summed E-state index contributed by atoms with van der Waals surface area (Å²) in [6.45, 7) is 0. The quantitative estimate of drug-likeness (QED) is 0.501. The van der Waals surface area contributed by atoms with E-state index in [9.17, 15) is 14.9 Å². The predicted octanol–water partition coefficient (Wildman–Crippen LogP) is 3.48. The van der Waals surface area contributed by atoms with Crippen LogP contribution in [0.2, 0.25) is 5.02 Å². The van der Waals surface area contributed by atoms with Crippen LogP contribution in [0, 0.1) is 16.0 Å². The molecule has 25 heavy (non-hydrogen) atoms. The van der Waals surface area contributed by atoms with Crippen molar-refractivity contribution >= 4 is 23.3 Å². The van der Waals surface area contributed by atoms with Crippen LogP contribution in [-0.2, 0) is 16.0 Å². The van der Waals surface area contributed by atoms with Crippen LogP contribution in [0.1, 0.15) is 17.2 Å². The fourth-order valence-electron chi connectivity index (χ4n) is 3.37. The number of fused-ring (bicyclic) bond motifs is 1. The van der Waals surface area contributed by atoms with Crippen LogP contribution in [0.25, 0.3) is 0 Å². The summed E-state index contributed by atoms with van der Waals surface area (Å²) in [5.41, 5.74) is 2.73. The van der Waals surface area contributed by atoms with Gasteiger partial charge in [0.15, 0.2) is 0 Å². The molecule has 1 N–H and O–H groups in total. The molecule has 3 atom stereocenters. The fraction of sp³-hybridized carbons (Fsp3) is 0.278. The summed E-state index contributed by atoms with van der Waals surface area (Å²) in [4.78, 5) is 23.0. The first-order chi connectivity index (χ1) is 12.0. The lowest BCUT2D eigenvalue weighted by molar-refractivity contribution is -0.520. The van der Waals surface area contributed by atoms with Crippen molar-refractivity contribution in [1.82, 2.24) is 0 Å². The lowest BCUT2D eigenvalue weighted by atomic mass is 9.92. The van der Waals surface area contributed by atoms with Gasteiger partial charge in [0.1, 0.15) is 0 Å². The van der Waals surface area contributed by atoms with Gasteiger partial charge in [-0.1, -0.05) is 35.9 Å². The number of halogens is 1. The second kappa shape index (κ2) is 7.11. The Hall–Kier alpha value is -2.60. The second-order valence-corrected chi connectivity index (χ2v) is 6.39. The minimum atomic E-state index is -1.43. The van der Waals surface area contributed by atoms with E-state index in [2.05, 4.69) is 10.1 Å². The maximum absolute atomic E-state index is 12.0. The van der Waals surface area contributed by atoms with E-state index in [1.807, 2.05) is 24.3 Å². The second-order valence-electron chi connectivity index (χ2n) is 5.95. The third-order valence-corrected chi connectivity index (χ3v) is 4.77. The number of anilines is 1. The zero-order valence-corrected chi connectivity index (χ0v) is 14.3. The lowest BCUT2D eigenvalue weighted by Crippen LogP contribution is -2.41. The molecule has 2 aromatic carbocycles. The van der Waals surface area contributed by atoms with Gasteiger partial charge in [-0.05, 0) is 41.8 Å². The van der Waals surface area contributed by atoms with E-state index in [1.165, 1.54) is 7.11 Å². The van der Waals surface area contributed by atoms with Crippen LogP contribution in [0.3, 0.4) is 0 Å². The van der Waals surface area contributed by atoms with E-state index in [4.69, 9.17) is 11.6 Å². The van der Waals surface area contributed by atoms with Crippen molar-refractivity contribution in [2.45, 2.75) is 18.5 Å². The molecule has 0 saturated heterocycles. The summed E-state index contributed by atoms with van der Waals surface area (Å²) in [6, 6.07) is 12.9. The summed E-state index contributed by atoms with van der Waals surface area (Å²) in [5, 5.41) is 15.5. The zero-order chi connectivity index (χ0) is 18.0. The van der Waals surface area contributed by atoms with Crippen LogP contribution in [0.4, 0.5) is 5.69 Å². The number of ether oxygens (including phenoxy) is 1. The Morgan fingerprint density at radius 3 is 2.60 bits per heavy atom. The first-order valence-electron chi connectivity index (χ1n) is 7.82. The molecule has 1 aliphatic rings. The van der Waals surface area contributed by atoms with Crippen LogP contribution >= 0.6 is 11.6 Å². The SMILES string of the molecule is COC(=O)C([C@H]1Cc2ccccc2[C@@H]1Nc1ccc(Cl)cc1)[N+](=O)[O-]. The Morgan fingerprint density at radius 2 is 1.96 bits per heavy atom. The Morgan fingerprint density at radius 1 is 1.28 bits per heavy atom. The molecule has 0 bridgehead atoms. The van der Waals surface area contributed by atoms with E-state index >= 15 is 0 Å². The van der Waals surface area contributed by atoms with Gasteiger partial charge in [-0.2, -0.15) is 0 Å². The van der Waals surface area contributed by atoms with Crippen molar-refractivity contribution < 1.29 is 14.5 Å². The maximum atomic E-state index is 12.0. The number of nitro groups is 1. The highest BCUT2D eigenvalue weighted by Crippen LogP contribution is 2.41. The highest BCUT2D eigenvalue weighted by atomic mass is 35.5. The van der Waals surface area contributed by atoms with Crippen molar-refractivity contribution in [1.29, 1.82) is 0 Å². The number of rotatable bonds is 5. The Bertz CT molecular complexity index is 794. The minimum Gasteiger partial charge on any atom is -0.464 e. The van der Waals surface area contributed by atoms with Gasteiger partial charge < -0.3 is 10.1 Å². The molecule has 6 nitrogen and oxygen atoms in total. The molecule has 0 aliphatic heterocycles. The molecule has 0 saturated carbocycles. The summed E-state index contributed by atoms with van der Waals surface area (Å²) < 4.78 is 4.67. The molecular weight excluding hydrogens is 344 g/mol. The van der Waals surface area contributed by atoms with Crippen molar-refractivity contribution in [3.63, 3.8) is 0 Å². The molecular formula is C18H17ClN2O4. The third-order valence-electron chi connectivity index (χ3n) is 4.52. The molecule has 0 spiro atoms. The van der Waals surface area contributed by atoms with E-state index in [-0.39, 0.29) is 6.04 Å². The van der Waals surface area contributed by atoms with Crippen LogP contribution in [0.15, 0.2) is 48.5 Å². The topological polar surface area (TPSA) is 81.5 Å². The van der Waals surface area contributed by atoms with Gasteiger partial charge in [0.2, 0.25) is 0 Å². The number of esters is 1. The summed E-state index contributed by atoms with van der Waals surface area (Å²) in [6.07, 6.45) is 0.433. The molecule has 0 fully saturated rings. The van der Waals surface area contributed by atoms with E-state index in [0.717, 1.165) is 16.8 Å². The summed E-state index contributed by atoms with van der Waals surface area (Å²) in [7, 11) is 1.17. The van der Waals surface area contributed by atoms with Crippen molar-refractivity contribution in [2.75, 3.05) is 12.4 Å². The third kappa shape index (κ3) is 3.44. The molecule has 3 rings (SSSR count). The van der Waals surface area contributed by atoms with Crippen molar-refractivity contribution in [3.8, 4) is 0 Å². The van der Waals surface area contributed by atoms with Crippen LogP contribution in [0.5, 0.6) is 0 Å². The normalized spacial score (nSPS) is 19.8. The number of nitrogens with zero attached hydrogens (tertiary/aromatic N) is 1. The predicted molar refractivity (Wildman–Crippen MR) is 94.3 cm³/mol. The fourth-order valence-corrected chi connectivity index (χ4v) is 3.49. The molecule has 1 unspecified atom stereocenters. The highest BCUT2D eigenvalue weighted by Gasteiger charge is 2.48. The number of hydrogen-bond donors (Lipinski definition) is 1. The number of carbonyl (C=O) groups is 1. The van der Waals surface area contributed by atoms with Gasteiger partial charge in [-0.15, -0.1) is 0 Å². The van der Waals surface area contributed by atoms with E-state index in [0.29, 0.717) is 11.4 Å². The molecule has 130 valence electrons. The maximum Gasteiger partial charge on any atom is 0.381 e. The first kappa shape index (κ1) is 17.2. The van der Waals surface area contributed by atoms with E-state index < -0.39 is 22.9 Å². The summed E-state index contributed by atoms with van der Waals surface area (Å²) >= 11 is 5.91. The number of hydrogen-bond acceptors (Lipinski definition) is 5. The largest absolute Gasteiger partial charge is 0.464 e. The van der Waals surface area contributed by atoms with Crippen LogP contribution in [-0.4, -0.2) is 24.0 Å². The highest BCUT2D eigenvalue weighted by molar-refractivity contribution is 6.30. The van der Waals surface area contributed by atoms with Gasteiger partial charge in [-0.3, -0.25) is 10.1 Å². The molecule has 2 aromatic rings. The van der Waals surface area contributed by atoms with Gasteiger partial charge in [0.25, 0.3) is 0 Å². The average molecular weight is 361 g/mol. The molecule has 0 aromatic heterocycles. The summed E-state index contributed by atoms with van der Waals surface area (Å²) in [5.74, 6) is -1.37.